The molecule has 5 rings (SSSR count). The molecule has 3 heterocycles. The second-order valence-electron chi connectivity index (χ2n) is 8.92. The van der Waals surface area contributed by atoms with Crippen LogP contribution >= 0.6 is 27.0 Å². The minimum atomic E-state index is -0.839. The van der Waals surface area contributed by atoms with Crippen molar-refractivity contribution in [1.82, 2.24) is 30.4 Å². The minimum absolute atomic E-state index is 0. The summed E-state index contributed by atoms with van der Waals surface area (Å²) in [5.41, 5.74) is 4.26. The van der Waals surface area contributed by atoms with Gasteiger partial charge >= 0.3 is 0 Å². The standard InChI is InChI=1S/C24H26FN7O2.2H2S/c1-31(23(34)10-15-5-6-16-12-22(33)26-20(16)9-15)21(14-32-8-7-19(25)13-32)17-3-2-4-18(11-17)24-27-29-30-28-24;;/h2-6,9,11,19,21H,7-8,10,12-14H2,1H3,(H,26,33)(H,27,28,29,30);2*1H2/t19-,21+;;/m0../s1. The lowest BCUT2D eigenvalue weighted by Gasteiger charge is -2.32. The van der Waals surface area contributed by atoms with Gasteiger partial charge in [-0.1, -0.05) is 30.3 Å². The number of likely N-dealkylation sites (N-methyl/N-ethyl adjacent to an activating group) is 1. The number of halogens is 1. The van der Waals surface area contributed by atoms with Gasteiger partial charge < -0.3 is 10.2 Å². The van der Waals surface area contributed by atoms with Crippen LogP contribution in [0.15, 0.2) is 42.5 Å². The predicted molar refractivity (Wildman–Crippen MR) is 144 cm³/mol. The van der Waals surface area contributed by atoms with Gasteiger partial charge in [0.15, 0.2) is 0 Å². The first-order chi connectivity index (χ1) is 16.5. The Kier molecular flexibility index (Phi) is 9.09. The largest absolute Gasteiger partial charge is 0.337 e. The number of hydrogen-bond acceptors (Lipinski definition) is 6. The van der Waals surface area contributed by atoms with Crippen molar-refractivity contribution in [2.45, 2.75) is 31.5 Å². The van der Waals surface area contributed by atoms with Crippen LogP contribution in [0.5, 0.6) is 0 Å². The highest BCUT2D eigenvalue weighted by molar-refractivity contribution is 7.59. The van der Waals surface area contributed by atoms with E-state index in [9.17, 15) is 14.0 Å². The Hall–Kier alpha value is -2.96. The number of nitrogens with zero attached hydrogens (tertiary/aromatic N) is 5. The number of anilines is 1. The second kappa shape index (κ2) is 11.8. The maximum Gasteiger partial charge on any atom is 0.228 e. The molecule has 1 saturated heterocycles. The van der Waals surface area contributed by atoms with Crippen LogP contribution in [0.25, 0.3) is 11.4 Å². The maximum atomic E-state index is 13.9. The first kappa shape index (κ1) is 27.6. The maximum absolute atomic E-state index is 13.9. The van der Waals surface area contributed by atoms with Crippen molar-refractivity contribution in [2.75, 3.05) is 32.0 Å². The first-order valence-corrected chi connectivity index (χ1v) is 11.3. The molecule has 12 heteroatoms. The van der Waals surface area contributed by atoms with Gasteiger partial charge in [0.05, 0.1) is 18.9 Å². The van der Waals surface area contributed by atoms with E-state index in [4.69, 9.17) is 0 Å². The molecule has 1 fully saturated rings. The molecule has 192 valence electrons. The van der Waals surface area contributed by atoms with Crippen LogP contribution in [0.3, 0.4) is 0 Å². The number of rotatable bonds is 7. The second-order valence-corrected chi connectivity index (χ2v) is 8.92. The number of likely N-dealkylation sites (tertiary alicyclic amines) is 1. The highest BCUT2D eigenvalue weighted by Gasteiger charge is 2.29. The molecule has 1 aromatic heterocycles. The van der Waals surface area contributed by atoms with E-state index in [1.165, 1.54) is 0 Å². The number of hydrogen-bond donors (Lipinski definition) is 2. The van der Waals surface area contributed by atoms with Crippen molar-refractivity contribution in [2.24, 2.45) is 0 Å². The summed E-state index contributed by atoms with van der Waals surface area (Å²) in [5, 5.41) is 17.0. The van der Waals surface area contributed by atoms with Gasteiger partial charge in [-0.2, -0.15) is 32.2 Å². The number of nitrogens with one attached hydrogen (secondary N) is 2. The lowest BCUT2D eigenvalue weighted by Crippen LogP contribution is -2.39. The quantitative estimate of drug-likeness (QED) is 0.485. The summed E-state index contributed by atoms with van der Waals surface area (Å²) < 4.78 is 13.9. The van der Waals surface area contributed by atoms with Crippen LogP contribution in [0, 0.1) is 0 Å². The number of fused-ring (bicyclic) bond motifs is 1. The van der Waals surface area contributed by atoms with Crippen molar-refractivity contribution in [3.05, 3.63) is 59.2 Å². The average molecular weight is 532 g/mol. The van der Waals surface area contributed by atoms with E-state index in [0.717, 1.165) is 27.9 Å². The third-order valence-electron chi connectivity index (χ3n) is 6.54. The molecule has 3 aromatic rings. The average Bonchev–Trinajstić information content (AvgIpc) is 3.57. The summed E-state index contributed by atoms with van der Waals surface area (Å²) in [6.45, 7) is 1.56. The number of H-pyrrole nitrogens is 1. The minimum Gasteiger partial charge on any atom is -0.337 e. The predicted octanol–water partition coefficient (Wildman–Crippen LogP) is 2.37. The number of benzene rings is 2. The highest BCUT2D eigenvalue weighted by Crippen LogP contribution is 2.28. The van der Waals surface area contributed by atoms with Gasteiger partial charge in [-0.15, -0.1) is 10.2 Å². The molecule has 2 aromatic carbocycles. The van der Waals surface area contributed by atoms with E-state index in [1.807, 2.05) is 42.5 Å². The molecular formula is C24H30FN7O2S2. The molecule has 0 bridgehead atoms. The highest BCUT2D eigenvalue weighted by atomic mass is 32.1. The fourth-order valence-electron chi connectivity index (χ4n) is 4.66. The van der Waals surface area contributed by atoms with E-state index in [2.05, 4.69) is 30.8 Å². The van der Waals surface area contributed by atoms with Crippen molar-refractivity contribution in [1.29, 1.82) is 0 Å². The molecule has 36 heavy (non-hydrogen) atoms. The summed E-state index contributed by atoms with van der Waals surface area (Å²) in [6.07, 6.45) is 0.239. The van der Waals surface area contributed by atoms with E-state index in [1.54, 1.807) is 11.9 Å². The van der Waals surface area contributed by atoms with Gasteiger partial charge in [-0.3, -0.25) is 14.5 Å². The van der Waals surface area contributed by atoms with Gasteiger partial charge in [-0.05, 0) is 40.5 Å². The summed E-state index contributed by atoms with van der Waals surface area (Å²) in [4.78, 5) is 28.8. The number of carbonyl (C=O) groups excluding carboxylic acids is 2. The zero-order valence-electron chi connectivity index (χ0n) is 19.9. The topological polar surface area (TPSA) is 107 Å². The fourth-order valence-corrected chi connectivity index (χ4v) is 4.66. The van der Waals surface area contributed by atoms with Crippen molar-refractivity contribution in [3.8, 4) is 11.4 Å². The molecular weight excluding hydrogens is 501 g/mol. The Bertz CT molecular complexity index is 1210. The number of aromatic nitrogens is 4. The summed E-state index contributed by atoms with van der Waals surface area (Å²) in [6, 6.07) is 13.1. The van der Waals surface area contributed by atoms with Crippen LogP contribution in [-0.2, 0) is 22.4 Å². The molecule has 0 saturated carbocycles. The fraction of sp³-hybridized carbons (Fsp3) is 0.375. The van der Waals surface area contributed by atoms with Gasteiger partial charge in [0.25, 0.3) is 0 Å². The molecule has 0 aliphatic carbocycles. The van der Waals surface area contributed by atoms with E-state index >= 15 is 0 Å². The Balaban J connectivity index is 0.00000180. The van der Waals surface area contributed by atoms with Crippen LogP contribution in [0.2, 0.25) is 0 Å². The lowest BCUT2D eigenvalue weighted by molar-refractivity contribution is -0.131. The molecule has 2 N–H and O–H groups in total. The molecule has 0 radical (unpaired) electrons. The third-order valence-corrected chi connectivity index (χ3v) is 6.54. The Morgan fingerprint density at radius 1 is 1.25 bits per heavy atom. The normalized spacial score (nSPS) is 17.5. The monoisotopic (exact) mass is 531 g/mol. The van der Waals surface area contributed by atoms with Crippen LogP contribution in [0.1, 0.15) is 29.2 Å². The van der Waals surface area contributed by atoms with Crippen molar-refractivity contribution >= 4 is 44.5 Å². The van der Waals surface area contributed by atoms with Crippen molar-refractivity contribution in [3.63, 3.8) is 0 Å². The molecule has 0 spiro atoms. The Morgan fingerprint density at radius 2 is 2.08 bits per heavy atom. The molecule has 2 amide bonds. The van der Waals surface area contributed by atoms with E-state index in [0.29, 0.717) is 38.3 Å². The SMILES string of the molecule is CN(C(=O)Cc1ccc2c(c1)NC(=O)C2)[C@H](CN1CC[C@H](F)C1)c1cccc(-c2nn[nH]n2)c1.S.S. The summed E-state index contributed by atoms with van der Waals surface area (Å²) >= 11 is 0. The van der Waals surface area contributed by atoms with Crippen LogP contribution < -0.4 is 5.32 Å². The molecule has 0 unspecified atom stereocenters. The molecule has 2 atom stereocenters. The van der Waals surface area contributed by atoms with Gasteiger partial charge in [-0.25, -0.2) is 4.39 Å². The molecule has 2 aliphatic heterocycles. The van der Waals surface area contributed by atoms with Gasteiger partial charge in [0.1, 0.15) is 6.17 Å². The smallest absolute Gasteiger partial charge is 0.228 e. The summed E-state index contributed by atoms with van der Waals surface area (Å²) in [5.74, 6) is 0.379. The summed E-state index contributed by atoms with van der Waals surface area (Å²) in [7, 11) is 1.78. The van der Waals surface area contributed by atoms with Crippen LogP contribution in [0.4, 0.5) is 10.1 Å². The first-order valence-electron chi connectivity index (χ1n) is 11.3. The molecule has 2 aliphatic rings. The zero-order chi connectivity index (χ0) is 23.7. The number of aromatic amines is 1. The lowest BCUT2D eigenvalue weighted by atomic mass is 10.0. The Morgan fingerprint density at radius 3 is 2.81 bits per heavy atom. The van der Waals surface area contributed by atoms with Gasteiger partial charge in [0.2, 0.25) is 17.6 Å². The zero-order valence-corrected chi connectivity index (χ0v) is 21.9. The molecule has 9 nitrogen and oxygen atoms in total. The van der Waals surface area contributed by atoms with E-state index in [-0.39, 0.29) is 51.3 Å². The number of tetrazole rings is 1. The number of carbonyl (C=O) groups is 2. The van der Waals surface area contributed by atoms with Crippen molar-refractivity contribution < 1.29 is 14.0 Å². The van der Waals surface area contributed by atoms with Crippen LogP contribution in [-0.4, -0.2) is 75.1 Å². The number of alkyl halides is 1. The van der Waals surface area contributed by atoms with Gasteiger partial charge in [0, 0.05) is 37.9 Å². The third kappa shape index (κ3) is 6.05. The number of amides is 2. The van der Waals surface area contributed by atoms with E-state index < -0.39 is 6.17 Å². The Labute approximate surface area is 222 Å².